The number of hydrogen-bond donors (Lipinski definition) is 1. The van der Waals surface area contributed by atoms with E-state index in [0.717, 1.165) is 11.3 Å². The monoisotopic (exact) mass is 359 g/mol. The minimum atomic E-state index is -0.584. The van der Waals surface area contributed by atoms with Gasteiger partial charge >= 0.3 is 0 Å². The first kappa shape index (κ1) is 15.0. The molecule has 1 unspecified atom stereocenters. The predicted octanol–water partition coefficient (Wildman–Crippen LogP) is 5.47. The Bertz CT molecular complexity index is 724. The second-order valence-corrected chi connectivity index (χ2v) is 6.41. The lowest BCUT2D eigenvalue weighted by atomic mass is 10.0. The topological polar surface area (TPSA) is 29.1 Å². The summed E-state index contributed by atoms with van der Waals surface area (Å²) in [6.45, 7) is 0. The normalized spacial score (nSPS) is 14.8. The van der Waals surface area contributed by atoms with Crippen LogP contribution >= 0.6 is 46.4 Å². The van der Waals surface area contributed by atoms with Gasteiger partial charge in [-0.25, -0.2) is 0 Å². The second kappa shape index (κ2) is 5.69. The molecule has 6 heteroatoms. The summed E-state index contributed by atoms with van der Waals surface area (Å²) in [5, 5.41) is 3.59. The molecule has 1 aliphatic rings. The molecule has 1 aliphatic heterocycles. The van der Waals surface area contributed by atoms with Crippen LogP contribution in [-0.4, -0.2) is 5.91 Å². The Labute approximate surface area is 142 Å². The Kier molecular flexibility index (Phi) is 4.06. The van der Waals surface area contributed by atoms with Crippen molar-refractivity contribution in [3.63, 3.8) is 0 Å². The van der Waals surface area contributed by atoms with Crippen LogP contribution in [0.25, 0.3) is 0 Å². The van der Waals surface area contributed by atoms with Gasteiger partial charge in [-0.3, -0.25) is 4.79 Å². The molecule has 108 valence electrons. The van der Waals surface area contributed by atoms with Gasteiger partial charge in [0.1, 0.15) is 0 Å². The summed E-state index contributed by atoms with van der Waals surface area (Å²) in [4.78, 5) is 11.4. The largest absolute Gasteiger partial charge is 0.325 e. The summed E-state index contributed by atoms with van der Waals surface area (Å²) in [6, 6.07) is 8.74. The third-order valence-corrected chi connectivity index (χ3v) is 4.81. The molecule has 1 N–H and O–H groups in total. The van der Waals surface area contributed by atoms with Gasteiger partial charge in [-0.1, -0.05) is 40.9 Å². The van der Waals surface area contributed by atoms with Gasteiger partial charge in [0.15, 0.2) is 0 Å². The summed E-state index contributed by atoms with van der Waals surface area (Å²) in [6.07, 6.45) is 0.319. The molecule has 0 aromatic heterocycles. The minimum absolute atomic E-state index is 0.0554. The fraction of sp³-hybridized carbons (Fsp3) is 0.133. The van der Waals surface area contributed by atoms with Crippen molar-refractivity contribution in [2.45, 2.75) is 11.8 Å². The second-order valence-electron chi connectivity index (χ2n) is 4.75. The van der Waals surface area contributed by atoms with Gasteiger partial charge in [0.25, 0.3) is 0 Å². The van der Waals surface area contributed by atoms with Gasteiger partial charge in [-0.05, 0) is 35.4 Å². The standard InChI is InChI=1S/C15H9Cl4NO/c16-9-2-1-3-10(17)14(9)15(19)8-4-7-5-13(21)20-12(7)6-11(8)18/h1-4,6,15H,5H2,(H,20,21). The molecule has 2 nitrogen and oxygen atoms in total. The van der Waals surface area contributed by atoms with E-state index < -0.39 is 5.38 Å². The Hall–Kier alpha value is -0.930. The van der Waals surface area contributed by atoms with Crippen molar-refractivity contribution in [3.8, 4) is 0 Å². The Balaban J connectivity index is 2.09. The van der Waals surface area contributed by atoms with Gasteiger partial charge in [-0.2, -0.15) is 0 Å². The number of halogens is 4. The first-order chi connectivity index (χ1) is 9.97. The molecule has 0 fully saturated rings. The Morgan fingerprint density at radius 2 is 1.71 bits per heavy atom. The summed E-state index contributed by atoms with van der Waals surface area (Å²) in [5.74, 6) is -0.0554. The van der Waals surface area contributed by atoms with Crippen LogP contribution < -0.4 is 5.32 Å². The van der Waals surface area contributed by atoms with Crippen molar-refractivity contribution in [3.05, 3.63) is 62.1 Å². The molecule has 2 aromatic carbocycles. The number of nitrogens with one attached hydrogen (secondary N) is 1. The average molecular weight is 361 g/mol. The average Bonchev–Trinajstić information content (AvgIpc) is 2.76. The molecule has 1 heterocycles. The number of fused-ring (bicyclic) bond motifs is 1. The maximum Gasteiger partial charge on any atom is 0.228 e. The molecule has 0 saturated carbocycles. The van der Waals surface area contributed by atoms with E-state index in [9.17, 15) is 4.79 Å². The molecule has 1 amide bonds. The van der Waals surface area contributed by atoms with Crippen molar-refractivity contribution in [1.29, 1.82) is 0 Å². The third kappa shape index (κ3) is 2.74. The minimum Gasteiger partial charge on any atom is -0.325 e. The number of carbonyl (C=O) groups is 1. The van der Waals surface area contributed by atoms with Gasteiger partial charge < -0.3 is 5.32 Å². The molecular weight excluding hydrogens is 352 g/mol. The molecule has 21 heavy (non-hydrogen) atoms. The smallest absolute Gasteiger partial charge is 0.228 e. The van der Waals surface area contributed by atoms with Crippen LogP contribution in [0.1, 0.15) is 22.1 Å². The zero-order chi connectivity index (χ0) is 15.1. The lowest BCUT2D eigenvalue weighted by molar-refractivity contribution is -0.115. The summed E-state index contributed by atoms with van der Waals surface area (Å²) in [5.41, 5.74) is 2.89. The van der Waals surface area contributed by atoms with Crippen molar-refractivity contribution in [2.75, 3.05) is 5.32 Å². The first-order valence-electron chi connectivity index (χ1n) is 6.17. The zero-order valence-corrected chi connectivity index (χ0v) is 13.6. The molecule has 2 aromatic rings. The van der Waals surface area contributed by atoms with Crippen molar-refractivity contribution in [1.82, 2.24) is 0 Å². The van der Waals surface area contributed by atoms with E-state index in [0.29, 0.717) is 32.6 Å². The van der Waals surface area contributed by atoms with Gasteiger partial charge in [0.2, 0.25) is 5.91 Å². The van der Waals surface area contributed by atoms with E-state index in [2.05, 4.69) is 5.32 Å². The molecule has 0 aliphatic carbocycles. The third-order valence-electron chi connectivity index (χ3n) is 3.37. The molecule has 0 saturated heterocycles. The van der Waals surface area contributed by atoms with Crippen molar-refractivity contribution < 1.29 is 4.79 Å². The van der Waals surface area contributed by atoms with Crippen LogP contribution in [0.4, 0.5) is 5.69 Å². The van der Waals surface area contributed by atoms with Gasteiger partial charge in [-0.15, -0.1) is 11.6 Å². The number of carbonyl (C=O) groups excluding carboxylic acids is 1. The SMILES string of the molecule is O=C1Cc2cc(C(Cl)c3c(Cl)cccc3Cl)c(Cl)cc2N1. The van der Waals surface area contributed by atoms with Gasteiger partial charge in [0.05, 0.1) is 11.8 Å². The predicted molar refractivity (Wildman–Crippen MR) is 87.9 cm³/mol. The van der Waals surface area contributed by atoms with E-state index in [4.69, 9.17) is 46.4 Å². The van der Waals surface area contributed by atoms with Crippen LogP contribution in [0.2, 0.25) is 15.1 Å². The maximum atomic E-state index is 11.4. The number of anilines is 1. The Morgan fingerprint density at radius 1 is 1.05 bits per heavy atom. The number of alkyl halides is 1. The van der Waals surface area contributed by atoms with E-state index in [1.165, 1.54) is 0 Å². The van der Waals surface area contributed by atoms with E-state index in [-0.39, 0.29) is 5.91 Å². The molecule has 0 spiro atoms. The fourth-order valence-corrected chi connectivity index (χ4v) is 3.84. The van der Waals surface area contributed by atoms with Crippen LogP contribution in [-0.2, 0) is 11.2 Å². The maximum absolute atomic E-state index is 11.4. The van der Waals surface area contributed by atoms with Crippen LogP contribution in [0.15, 0.2) is 30.3 Å². The number of hydrogen-bond acceptors (Lipinski definition) is 1. The number of amides is 1. The van der Waals surface area contributed by atoms with E-state index in [1.54, 1.807) is 24.3 Å². The fourth-order valence-electron chi connectivity index (χ4n) is 2.37. The van der Waals surface area contributed by atoms with Crippen LogP contribution in [0.3, 0.4) is 0 Å². The summed E-state index contributed by atoms with van der Waals surface area (Å²) >= 11 is 25.2. The van der Waals surface area contributed by atoms with Crippen LogP contribution in [0, 0.1) is 0 Å². The zero-order valence-electron chi connectivity index (χ0n) is 10.6. The highest BCUT2D eigenvalue weighted by molar-refractivity contribution is 6.39. The summed E-state index contributed by atoms with van der Waals surface area (Å²) < 4.78 is 0. The molecule has 0 bridgehead atoms. The number of rotatable bonds is 2. The van der Waals surface area contributed by atoms with E-state index in [1.807, 2.05) is 6.07 Å². The molecular formula is C15H9Cl4NO. The molecule has 1 atom stereocenters. The van der Waals surface area contributed by atoms with Crippen molar-refractivity contribution in [2.24, 2.45) is 0 Å². The van der Waals surface area contributed by atoms with Gasteiger partial charge in [0, 0.05) is 26.3 Å². The molecule has 3 rings (SSSR count). The first-order valence-corrected chi connectivity index (χ1v) is 7.74. The molecule has 0 radical (unpaired) electrons. The van der Waals surface area contributed by atoms with E-state index >= 15 is 0 Å². The quantitative estimate of drug-likeness (QED) is 0.707. The highest BCUT2D eigenvalue weighted by Gasteiger charge is 2.25. The number of benzene rings is 2. The lowest BCUT2D eigenvalue weighted by Crippen LogP contribution is -2.03. The van der Waals surface area contributed by atoms with Crippen LogP contribution in [0.5, 0.6) is 0 Å². The highest BCUT2D eigenvalue weighted by atomic mass is 35.5. The highest BCUT2D eigenvalue weighted by Crippen LogP contribution is 2.42. The summed E-state index contributed by atoms with van der Waals surface area (Å²) in [7, 11) is 0. The lowest BCUT2D eigenvalue weighted by Gasteiger charge is -2.16. The Morgan fingerprint density at radius 3 is 2.38 bits per heavy atom. The van der Waals surface area contributed by atoms with Crippen molar-refractivity contribution >= 4 is 58.0 Å².